The maximum Gasteiger partial charge on any atom is 0.0635 e. The summed E-state index contributed by atoms with van der Waals surface area (Å²) in [5.41, 5.74) is 7.35. The summed E-state index contributed by atoms with van der Waals surface area (Å²) in [4.78, 5) is 2.22. The van der Waals surface area contributed by atoms with Crippen molar-refractivity contribution in [1.29, 1.82) is 5.26 Å². The van der Waals surface area contributed by atoms with Gasteiger partial charge < -0.3 is 10.5 Å². The van der Waals surface area contributed by atoms with Gasteiger partial charge >= 0.3 is 0 Å². The molecule has 1 aromatic rings. The Hall–Kier alpha value is -0.930. The van der Waals surface area contributed by atoms with Crippen LogP contribution in [0.4, 0.5) is 0 Å². The molecule has 20 heavy (non-hydrogen) atoms. The molecule has 0 bridgehead atoms. The van der Waals surface area contributed by atoms with Crippen molar-refractivity contribution in [3.05, 3.63) is 34.3 Å². The van der Waals surface area contributed by atoms with E-state index in [4.69, 9.17) is 15.7 Å². The van der Waals surface area contributed by atoms with Gasteiger partial charge in [0.15, 0.2) is 0 Å². The molecule has 0 amide bonds. The van der Waals surface area contributed by atoms with E-state index in [0.717, 1.165) is 16.6 Å². The number of hydrogen-bond donors (Lipinski definition) is 1. The zero-order valence-corrected chi connectivity index (χ0v) is 13.6. The molecule has 0 aliphatic rings. The van der Waals surface area contributed by atoms with E-state index < -0.39 is 0 Å². The van der Waals surface area contributed by atoms with Crippen LogP contribution in [0, 0.1) is 11.3 Å². The zero-order valence-electron chi connectivity index (χ0n) is 12.1. The lowest BCUT2D eigenvalue weighted by molar-refractivity contribution is 0.112. The third-order valence-corrected chi connectivity index (χ3v) is 3.93. The van der Waals surface area contributed by atoms with Gasteiger partial charge in [0.05, 0.1) is 18.7 Å². The average Bonchev–Trinajstić information content (AvgIpc) is 2.43. The molecule has 0 aromatic heterocycles. The number of methoxy groups -OCH3 is 1. The van der Waals surface area contributed by atoms with Gasteiger partial charge in [0.1, 0.15) is 0 Å². The Kier molecular flexibility index (Phi) is 7.78. The van der Waals surface area contributed by atoms with Crippen molar-refractivity contribution in [3.8, 4) is 6.07 Å². The molecular formula is C15H22BrN3O. The Morgan fingerprint density at radius 1 is 1.40 bits per heavy atom. The van der Waals surface area contributed by atoms with Gasteiger partial charge in [-0.3, -0.25) is 4.90 Å². The molecule has 0 spiro atoms. The Balaban J connectivity index is 3.01. The predicted molar refractivity (Wildman–Crippen MR) is 84.2 cm³/mol. The highest BCUT2D eigenvalue weighted by Gasteiger charge is 2.25. The average molecular weight is 340 g/mol. The molecule has 0 heterocycles. The molecule has 0 fully saturated rings. The van der Waals surface area contributed by atoms with Crippen LogP contribution in [0.2, 0.25) is 0 Å². The van der Waals surface area contributed by atoms with Gasteiger partial charge in [-0.2, -0.15) is 5.26 Å². The third kappa shape index (κ3) is 4.88. The second-order valence-electron chi connectivity index (χ2n) is 4.76. The number of benzene rings is 1. The Bertz CT molecular complexity index is 445. The van der Waals surface area contributed by atoms with Gasteiger partial charge in [0, 0.05) is 37.1 Å². The Labute approximate surface area is 129 Å². The van der Waals surface area contributed by atoms with Crippen LogP contribution in [0.1, 0.15) is 24.9 Å². The van der Waals surface area contributed by atoms with E-state index in [1.807, 2.05) is 25.1 Å². The van der Waals surface area contributed by atoms with Crippen LogP contribution in [0.5, 0.6) is 0 Å². The number of rotatable bonds is 8. The summed E-state index contributed by atoms with van der Waals surface area (Å²) in [6.07, 6.45) is 0.484. The van der Waals surface area contributed by atoms with E-state index >= 15 is 0 Å². The van der Waals surface area contributed by atoms with Crippen molar-refractivity contribution in [2.24, 2.45) is 5.73 Å². The van der Waals surface area contributed by atoms with Gasteiger partial charge in [0.2, 0.25) is 0 Å². The second-order valence-corrected chi connectivity index (χ2v) is 5.62. The summed E-state index contributed by atoms with van der Waals surface area (Å²) in [6.45, 7) is 4.06. The van der Waals surface area contributed by atoms with E-state index in [9.17, 15) is 0 Å². The topological polar surface area (TPSA) is 62.3 Å². The van der Waals surface area contributed by atoms with Crippen molar-refractivity contribution in [2.75, 3.05) is 26.8 Å². The molecule has 0 radical (unpaired) electrons. The summed E-state index contributed by atoms with van der Waals surface area (Å²) in [5, 5.41) is 8.84. The standard InChI is InChI=1S/C15H22BrN3O/c1-12(18)15(13-6-3-4-7-14(13)16)19(9-5-8-17)10-11-20-2/h3-4,6-7,12,15H,5,9-11,18H2,1-2H3. The highest BCUT2D eigenvalue weighted by atomic mass is 79.9. The monoisotopic (exact) mass is 339 g/mol. The molecule has 0 saturated carbocycles. The summed E-state index contributed by atoms with van der Waals surface area (Å²) >= 11 is 3.59. The second kappa shape index (κ2) is 9.09. The molecule has 1 rings (SSSR count). The minimum Gasteiger partial charge on any atom is -0.383 e. The van der Waals surface area contributed by atoms with Gasteiger partial charge in [-0.25, -0.2) is 0 Å². The minimum atomic E-state index is -0.0377. The molecule has 1 aromatic carbocycles. The fraction of sp³-hybridized carbons (Fsp3) is 0.533. The first kappa shape index (κ1) is 17.1. The van der Waals surface area contributed by atoms with Crippen LogP contribution in [0.3, 0.4) is 0 Å². The SMILES string of the molecule is COCCN(CCC#N)C(c1ccccc1Br)C(C)N. The maximum atomic E-state index is 8.84. The molecule has 2 atom stereocenters. The van der Waals surface area contributed by atoms with Crippen molar-refractivity contribution in [2.45, 2.75) is 25.4 Å². The molecule has 4 nitrogen and oxygen atoms in total. The quantitative estimate of drug-likeness (QED) is 0.790. The fourth-order valence-electron chi connectivity index (χ4n) is 2.32. The third-order valence-electron chi connectivity index (χ3n) is 3.21. The van der Waals surface area contributed by atoms with Crippen molar-refractivity contribution in [3.63, 3.8) is 0 Å². The summed E-state index contributed by atoms with van der Waals surface area (Å²) in [7, 11) is 1.68. The number of nitriles is 1. The molecule has 2 unspecified atom stereocenters. The number of nitrogens with zero attached hydrogens (tertiary/aromatic N) is 2. The van der Waals surface area contributed by atoms with E-state index in [1.54, 1.807) is 7.11 Å². The summed E-state index contributed by atoms with van der Waals surface area (Å²) in [6, 6.07) is 10.3. The van der Waals surface area contributed by atoms with Gasteiger partial charge in [0.25, 0.3) is 0 Å². The first-order valence-electron chi connectivity index (χ1n) is 6.71. The van der Waals surface area contributed by atoms with Crippen LogP contribution < -0.4 is 5.73 Å². The lowest BCUT2D eigenvalue weighted by atomic mass is 9.99. The normalized spacial score (nSPS) is 14.0. The molecular weight excluding hydrogens is 318 g/mol. The van der Waals surface area contributed by atoms with Gasteiger partial charge in [-0.05, 0) is 18.6 Å². The Morgan fingerprint density at radius 3 is 2.65 bits per heavy atom. The first-order valence-corrected chi connectivity index (χ1v) is 7.51. The van der Waals surface area contributed by atoms with Crippen LogP contribution in [0.15, 0.2) is 28.7 Å². The van der Waals surface area contributed by atoms with Crippen molar-refractivity contribution < 1.29 is 4.74 Å². The number of halogens is 1. The van der Waals surface area contributed by atoms with Crippen molar-refractivity contribution in [1.82, 2.24) is 4.90 Å². The van der Waals surface area contributed by atoms with Gasteiger partial charge in [-0.1, -0.05) is 34.1 Å². The molecule has 0 aliphatic heterocycles. The van der Waals surface area contributed by atoms with Gasteiger partial charge in [-0.15, -0.1) is 0 Å². The number of ether oxygens (including phenoxy) is 1. The zero-order chi connectivity index (χ0) is 15.0. The Morgan fingerprint density at radius 2 is 2.10 bits per heavy atom. The summed E-state index contributed by atoms with van der Waals surface area (Å²) < 4.78 is 6.21. The molecule has 5 heteroatoms. The van der Waals surface area contributed by atoms with E-state index in [0.29, 0.717) is 19.6 Å². The van der Waals surface area contributed by atoms with Crippen molar-refractivity contribution >= 4 is 15.9 Å². The van der Waals surface area contributed by atoms with E-state index in [1.165, 1.54) is 0 Å². The van der Waals surface area contributed by atoms with Crippen LogP contribution in [-0.4, -0.2) is 37.7 Å². The lowest BCUT2D eigenvalue weighted by Crippen LogP contribution is -2.41. The predicted octanol–water partition coefficient (Wildman–Crippen LogP) is 2.70. The number of hydrogen-bond acceptors (Lipinski definition) is 4. The number of nitrogens with two attached hydrogens (primary N) is 1. The van der Waals surface area contributed by atoms with Crippen LogP contribution in [0.25, 0.3) is 0 Å². The molecule has 110 valence electrons. The highest BCUT2D eigenvalue weighted by molar-refractivity contribution is 9.10. The highest BCUT2D eigenvalue weighted by Crippen LogP contribution is 2.29. The minimum absolute atomic E-state index is 0.0377. The smallest absolute Gasteiger partial charge is 0.0635 e. The molecule has 0 saturated heterocycles. The molecule has 0 aliphatic carbocycles. The van der Waals surface area contributed by atoms with E-state index in [-0.39, 0.29) is 12.1 Å². The molecule has 2 N–H and O–H groups in total. The van der Waals surface area contributed by atoms with Crippen LogP contribution in [-0.2, 0) is 4.74 Å². The van der Waals surface area contributed by atoms with E-state index in [2.05, 4.69) is 33.0 Å². The van der Waals surface area contributed by atoms with Crippen LogP contribution >= 0.6 is 15.9 Å². The fourth-order valence-corrected chi connectivity index (χ4v) is 2.84. The summed E-state index contributed by atoms with van der Waals surface area (Å²) in [5.74, 6) is 0. The largest absolute Gasteiger partial charge is 0.383 e. The first-order chi connectivity index (χ1) is 9.61. The lowest BCUT2D eigenvalue weighted by Gasteiger charge is -2.34. The maximum absolute atomic E-state index is 8.84.